The summed E-state index contributed by atoms with van der Waals surface area (Å²) in [5.41, 5.74) is 0.587. The number of rotatable bonds is 6. The highest BCUT2D eigenvalue weighted by Crippen LogP contribution is 2.25. The molecule has 0 saturated carbocycles. The number of hydrogen-bond donors (Lipinski definition) is 1. The van der Waals surface area contributed by atoms with Gasteiger partial charge in [-0.15, -0.1) is 0 Å². The predicted molar refractivity (Wildman–Crippen MR) is 90.1 cm³/mol. The lowest BCUT2D eigenvalue weighted by Crippen LogP contribution is -2.41. The average molecular weight is 342 g/mol. The van der Waals surface area contributed by atoms with Gasteiger partial charge in [0.25, 0.3) is 0 Å². The summed E-state index contributed by atoms with van der Waals surface area (Å²) in [6.45, 7) is 4.32. The maximum Gasteiger partial charge on any atom is 0.231 e. The Morgan fingerprint density at radius 3 is 2.92 bits per heavy atom. The Labute approximate surface area is 146 Å². The monoisotopic (exact) mass is 342 g/mol. The van der Waals surface area contributed by atoms with Crippen molar-refractivity contribution >= 4 is 0 Å². The summed E-state index contributed by atoms with van der Waals surface area (Å²) in [5.74, 6) is 2.21. The summed E-state index contributed by atoms with van der Waals surface area (Å²) in [7, 11) is 0. The van der Waals surface area contributed by atoms with Crippen molar-refractivity contribution in [2.75, 3.05) is 26.2 Å². The molecule has 2 heterocycles. The molecular formula is C18H22N4O3. The SMILES string of the molecule is Cc1noc([C@@H]2CCCN(C[C@H](O)COc3ccc(C#N)cc3)C2)n1. The minimum Gasteiger partial charge on any atom is -0.491 e. The van der Waals surface area contributed by atoms with Crippen LogP contribution in [0.25, 0.3) is 0 Å². The first kappa shape index (κ1) is 17.4. The zero-order valence-corrected chi connectivity index (χ0v) is 14.3. The van der Waals surface area contributed by atoms with Gasteiger partial charge in [0.05, 0.1) is 17.6 Å². The zero-order chi connectivity index (χ0) is 17.6. The molecule has 1 aromatic carbocycles. The Kier molecular flexibility index (Phi) is 5.64. The van der Waals surface area contributed by atoms with Crippen molar-refractivity contribution < 1.29 is 14.4 Å². The summed E-state index contributed by atoms with van der Waals surface area (Å²) >= 11 is 0. The zero-order valence-electron chi connectivity index (χ0n) is 14.3. The van der Waals surface area contributed by atoms with E-state index in [1.165, 1.54) is 0 Å². The van der Waals surface area contributed by atoms with E-state index >= 15 is 0 Å². The fourth-order valence-electron chi connectivity index (χ4n) is 3.07. The van der Waals surface area contributed by atoms with Crippen LogP contribution < -0.4 is 4.74 Å². The van der Waals surface area contributed by atoms with Crippen LogP contribution in [0.2, 0.25) is 0 Å². The molecule has 25 heavy (non-hydrogen) atoms. The van der Waals surface area contributed by atoms with Gasteiger partial charge in [-0.3, -0.25) is 4.90 Å². The van der Waals surface area contributed by atoms with E-state index in [1.54, 1.807) is 24.3 Å². The third kappa shape index (κ3) is 4.78. The van der Waals surface area contributed by atoms with Gasteiger partial charge in [-0.25, -0.2) is 0 Å². The van der Waals surface area contributed by atoms with E-state index in [2.05, 4.69) is 21.1 Å². The highest BCUT2D eigenvalue weighted by atomic mass is 16.5. The molecule has 2 aromatic rings. The number of aliphatic hydroxyl groups is 1. The summed E-state index contributed by atoms with van der Waals surface area (Å²) < 4.78 is 10.9. The standard InChI is InChI=1S/C18H22N4O3/c1-13-20-18(25-21-13)15-3-2-8-22(10-15)11-16(23)12-24-17-6-4-14(9-19)5-7-17/h4-7,15-16,23H,2-3,8,10-12H2,1H3/t15-,16+/m1/s1. The number of aryl methyl sites for hydroxylation is 1. The molecular weight excluding hydrogens is 320 g/mol. The highest BCUT2D eigenvalue weighted by molar-refractivity contribution is 5.34. The van der Waals surface area contributed by atoms with Crippen LogP contribution in [0.5, 0.6) is 5.75 Å². The summed E-state index contributed by atoms with van der Waals surface area (Å²) in [6, 6.07) is 8.93. The number of hydrogen-bond acceptors (Lipinski definition) is 7. The summed E-state index contributed by atoms with van der Waals surface area (Å²) in [4.78, 5) is 6.53. The third-order valence-corrected chi connectivity index (χ3v) is 4.29. The van der Waals surface area contributed by atoms with Crippen LogP contribution in [0.15, 0.2) is 28.8 Å². The minimum atomic E-state index is -0.584. The Morgan fingerprint density at radius 2 is 2.24 bits per heavy atom. The van der Waals surface area contributed by atoms with Gasteiger partial charge in [0.1, 0.15) is 18.5 Å². The fourth-order valence-corrected chi connectivity index (χ4v) is 3.07. The van der Waals surface area contributed by atoms with Gasteiger partial charge in [-0.2, -0.15) is 10.2 Å². The molecule has 7 nitrogen and oxygen atoms in total. The first-order valence-electron chi connectivity index (χ1n) is 8.47. The van der Waals surface area contributed by atoms with Gasteiger partial charge >= 0.3 is 0 Å². The molecule has 0 amide bonds. The van der Waals surface area contributed by atoms with Crippen molar-refractivity contribution in [2.24, 2.45) is 0 Å². The van der Waals surface area contributed by atoms with Crippen molar-refractivity contribution in [3.05, 3.63) is 41.5 Å². The van der Waals surface area contributed by atoms with Gasteiger partial charge in [0.2, 0.25) is 5.89 Å². The Bertz CT molecular complexity index is 723. The molecule has 7 heteroatoms. The Hall–Kier alpha value is -2.43. The second-order valence-corrected chi connectivity index (χ2v) is 6.38. The van der Waals surface area contributed by atoms with Gasteiger partial charge in [0.15, 0.2) is 5.82 Å². The lowest BCUT2D eigenvalue weighted by atomic mass is 9.98. The van der Waals surface area contributed by atoms with Crippen LogP contribution in [0.3, 0.4) is 0 Å². The van der Waals surface area contributed by atoms with Crippen LogP contribution in [-0.4, -0.2) is 52.5 Å². The molecule has 1 aromatic heterocycles. The summed E-state index contributed by atoms with van der Waals surface area (Å²) in [6.07, 6.45) is 1.48. The average Bonchev–Trinajstić information content (AvgIpc) is 3.07. The molecule has 0 radical (unpaired) electrons. The molecule has 0 unspecified atom stereocenters. The van der Waals surface area contributed by atoms with E-state index in [-0.39, 0.29) is 12.5 Å². The quantitative estimate of drug-likeness (QED) is 0.856. The molecule has 1 aliphatic heterocycles. The number of piperidine rings is 1. The topological polar surface area (TPSA) is 95.4 Å². The van der Waals surface area contributed by atoms with Crippen molar-refractivity contribution in [1.82, 2.24) is 15.0 Å². The van der Waals surface area contributed by atoms with E-state index in [0.717, 1.165) is 25.9 Å². The lowest BCUT2D eigenvalue weighted by molar-refractivity contribution is 0.0561. The molecule has 3 rings (SSSR count). The van der Waals surface area contributed by atoms with Crippen LogP contribution in [0.4, 0.5) is 0 Å². The number of benzene rings is 1. The van der Waals surface area contributed by atoms with E-state index < -0.39 is 6.10 Å². The van der Waals surface area contributed by atoms with E-state index in [1.807, 2.05) is 6.92 Å². The van der Waals surface area contributed by atoms with Crippen molar-refractivity contribution in [3.63, 3.8) is 0 Å². The fraction of sp³-hybridized carbons (Fsp3) is 0.500. The maximum atomic E-state index is 10.3. The molecule has 1 N–H and O–H groups in total. The first-order valence-corrected chi connectivity index (χ1v) is 8.47. The van der Waals surface area contributed by atoms with Gasteiger partial charge < -0.3 is 14.4 Å². The van der Waals surface area contributed by atoms with Gasteiger partial charge in [-0.05, 0) is 50.6 Å². The van der Waals surface area contributed by atoms with Crippen LogP contribution in [0.1, 0.15) is 36.0 Å². The van der Waals surface area contributed by atoms with Crippen LogP contribution >= 0.6 is 0 Å². The van der Waals surface area contributed by atoms with Crippen molar-refractivity contribution in [1.29, 1.82) is 5.26 Å². The number of aromatic nitrogens is 2. The number of β-amino-alcohol motifs (C(OH)–C–C–N with tert-alkyl or cyclic N) is 1. The predicted octanol–water partition coefficient (Wildman–Crippen LogP) is 1.87. The number of likely N-dealkylation sites (tertiary alicyclic amines) is 1. The Morgan fingerprint density at radius 1 is 1.44 bits per heavy atom. The molecule has 0 aliphatic carbocycles. The lowest BCUT2D eigenvalue weighted by Gasteiger charge is -2.32. The number of nitriles is 1. The molecule has 132 valence electrons. The van der Waals surface area contributed by atoms with Crippen molar-refractivity contribution in [2.45, 2.75) is 31.8 Å². The van der Waals surface area contributed by atoms with E-state index in [0.29, 0.717) is 29.6 Å². The van der Waals surface area contributed by atoms with Crippen LogP contribution in [0, 0.1) is 18.3 Å². The number of aliphatic hydroxyl groups excluding tert-OH is 1. The molecule has 1 aliphatic rings. The van der Waals surface area contributed by atoms with Crippen LogP contribution in [-0.2, 0) is 0 Å². The second-order valence-electron chi connectivity index (χ2n) is 6.38. The molecule has 0 bridgehead atoms. The number of nitrogens with zero attached hydrogens (tertiary/aromatic N) is 4. The van der Waals surface area contributed by atoms with Gasteiger partial charge in [0, 0.05) is 13.1 Å². The minimum absolute atomic E-state index is 0.215. The normalized spacial score (nSPS) is 19.3. The van der Waals surface area contributed by atoms with E-state index in [4.69, 9.17) is 14.5 Å². The molecule has 0 spiro atoms. The maximum absolute atomic E-state index is 10.3. The third-order valence-electron chi connectivity index (χ3n) is 4.29. The second kappa shape index (κ2) is 8.10. The molecule has 1 fully saturated rings. The van der Waals surface area contributed by atoms with Crippen molar-refractivity contribution in [3.8, 4) is 11.8 Å². The molecule has 2 atom stereocenters. The Balaban J connectivity index is 1.47. The highest BCUT2D eigenvalue weighted by Gasteiger charge is 2.26. The number of ether oxygens (including phenoxy) is 1. The molecule has 1 saturated heterocycles. The summed E-state index contributed by atoms with van der Waals surface area (Å²) in [5, 5.41) is 22.9. The smallest absolute Gasteiger partial charge is 0.231 e. The van der Waals surface area contributed by atoms with Gasteiger partial charge in [-0.1, -0.05) is 5.16 Å². The first-order chi connectivity index (χ1) is 12.1. The largest absolute Gasteiger partial charge is 0.491 e. The van der Waals surface area contributed by atoms with E-state index in [9.17, 15) is 5.11 Å².